The van der Waals surface area contributed by atoms with Gasteiger partial charge in [0.2, 0.25) is 5.28 Å². The van der Waals surface area contributed by atoms with E-state index < -0.39 is 0 Å². The van der Waals surface area contributed by atoms with E-state index in [1.165, 1.54) is 0 Å². The van der Waals surface area contributed by atoms with E-state index in [-0.39, 0.29) is 17.2 Å². The Morgan fingerprint density at radius 2 is 2.26 bits per heavy atom. The maximum atomic E-state index is 12.7. The van der Waals surface area contributed by atoms with Crippen LogP contribution >= 0.6 is 11.6 Å². The summed E-state index contributed by atoms with van der Waals surface area (Å²) in [6, 6.07) is 2.00. The van der Waals surface area contributed by atoms with Gasteiger partial charge in [-0.3, -0.25) is 4.79 Å². The molecule has 23 heavy (non-hydrogen) atoms. The average Bonchev–Trinajstić information content (AvgIpc) is 2.93. The van der Waals surface area contributed by atoms with Crippen molar-refractivity contribution in [3.05, 3.63) is 35.0 Å². The van der Waals surface area contributed by atoms with Gasteiger partial charge in [0.15, 0.2) is 0 Å². The number of ether oxygens (including phenoxy) is 1. The van der Waals surface area contributed by atoms with Gasteiger partial charge in [-0.15, -0.1) is 0 Å². The van der Waals surface area contributed by atoms with Gasteiger partial charge in [-0.05, 0) is 37.1 Å². The summed E-state index contributed by atoms with van der Waals surface area (Å²) in [4.78, 5) is 22.8. The predicted octanol–water partition coefficient (Wildman–Crippen LogP) is 2.40. The van der Waals surface area contributed by atoms with Crippen molar-refractivity contribution in [3.63, 3.8) is 0 Å². The molecule has 0 fully saturated rings. The highest BCUT2D eigenvalue weighted by atomic mass is 35.5. The number of fused-ring (bicyclic) bond motifs is 1. The molecular formula is C16H19ClN4O2. The third-order valence-electron chi connectivity index (χ3n) is 4.12. The number of halogens is 1. The van der Waals surface area contributed by atoms with Crippen LogP contribution in [0, 0.1) is 6.92 Å². The maximum absolute atomic E-state index is 12.7. The predicted molar refractivity (Wildman–Crippen MR) is 87.6 cm³/mol. The number of aromatic nitrogens is 3. The average molecular weight is 335 g/mol. The minimum absolute atomic E-state index is 0.0184. The van der Waals surface area contributed by atoms with E-state index >= 15 is 0 Å². The summed E-state index contributed by atoms with van der Waals surface area (Å²) in [6.45, 7) is 5.85. The van der Waals surface area contributed by atoms with Crippen molar-refractivity contribution >= 4 is 17.5 Å². The van der Waals surface area contributed by atoms with E-state index in [4.69, 9.17) is 16.3 Å². The van der Waals surface area contributed by atoms with Crippen LogP contribution in [0.2, 0.25) is 5.28 Å². The summed E-state index contributed by atoms with van der Waals surface area (Å²) in [6.07, 6.45) is 3.65. The van der Waals surface area contributed by atoms with E-state index in [1.807, 2.05) is 35.6 Å². The van der Waals surface area contributed by atoms with Crippen LogP contribution in [-0.4, -0.2) is 51.6 Å². The molecule has 7 heteroatoms. The SMILES string of the molecule is COCCN1C(=O)c2cc(-c3nc(Cl)ncc3C)cn2CC1C. The molecule has 1 aliphatic heterocycles. The number of aryl methyl sites for hydroxylation is 1. The number of carbonyl (C=O) groups is 1. The zero-order chi connectivity index (χ0) is 16.6. The first-order valence-electron chi connectivity index (χ1n) is 7.51. The van der Waals surface area contributed by atoms with Gasteiger partial charge < -0.3 is 14.2 Å². The largest absolute Gasteiger partial charge is 0.383 e. The van der Waals surface area contributed by atoms with Crippen molar-refractivity contribution in [1.29, 1.82) is 0 Å². The van der Waals surface area contributed by atoms with Gasteiger partial charge in [0.25, 0.3) is 5.91 Å². The minimum Gasteiger partial charge on any atom is -0.383 e. The van der Waals surface area contributed by atoms with Crippen LogP contribution < -0.4 is 0 Å². The van der Waals surface area contributed by atoms with Crippen LogP contribution in [0.4, 0.5) is 0 Å². The Bertz CT molecular complexity index is 744. The molecule has 1 unspecified atom stereocenters. The Balaban J connectivity index is 1.97. The van der Waals surface area contributed by atoms with Crippen LogP contribution in [0.3, 0.4) is 0 Å². The molecule has 0 aromatic carbocycles. The highest BCUT2D eigenvalue weighted by Gasteiger charge is 2.30. The van der Waals surface area contributed by atoms with Crippen molar-refractivity contribution in [2.75, 3.05) is 20.3 Å². The fourth-order valence-corrected chi connectivity index (χ4v) is 3.06. The summed E-state index contributed by atoms with van der Waals surface area (Å²) in [5.41, 5.74) is 3.24. The van der Waals surface area contributed by atoms with E-state index in [0.717, 1.165) is 23.4 Å². The molecule has 0 bridgehead atoms. The van der Waals surface area contributed by atoms with Crippen LogP contribution in [0.1, 0.15) is 23.0 Å². The van der Waals surface area contributed by atoms with Gasteiger partial charge in [0.1, 0.15) is 5.69 Å². The van der Waals surface area contributed by atoms with Gasteiger partial charge in [-0.1, -0.05) is 0 Å². The van der Waals surface area contributed by atoms with Crippen molar-refractivity contribution in [2.24, 2.45) is 0 Å². The molecule has 6 nitrogen and oxygen atoms in total. The fourth-order valence-electron chi connectivity index (χ4n) is 2.92. The number of methoxy groups -OCH3 is 1. The molecule has 1 amide bonds. The lowest BCUT2D eigenvalue weighted by molar-refractivity contribution is 0.0536. The van der Waals surface area contributed by atoms with Crippen molar-refractivity contribution < 1.29 is 9.53 Å². The zero-order valence-electron chi connectivity index (χ0n) is 13.4. The molecule has 0 aliphatic carbocycles. The first-order chi connectivity index (χ1) is 11.0. The Morgan fingerprint density at radius 1 is 1.48 bits per heavy atom. The second-order valence-electron chi connectivity index (χ2n) is 5.78. The maximum Gasteiger partial charge on any atom is 0.270 e. The lowest BCUT2D eigenvalue weighted by Gasteiger charge is -2.34. The van der Waals surface area contributed by atoms with Crippen molar-refractivity contribution in [3.8, 4) is 11.3 Å². The normalized spacial score (nSPS) is 17.5. The van der Waals surface area contributed by atoms with Gasteiger partial charge in [-0.25, -0.2) is 9.97 Å². The summed E-state index contributed by atoms with van der Waals surface area (Å²) >= 11 is 5.91. The molecule has 3 rings (SSSR count). The Morgan fingerprint density at radius 3 is 3.00 bits per heavy atom. The highest BCUT2D eigenvalue weighted by Crippen LogP contribution is 2.28. The quantitative estimate of drug-likeness (QED) is 0.806. The van der Waals surface area contributed by atoms with Crippen LogP contribution in [-0.2, 0) is 11.3 Å². The number of hydrogen-bond acceptors (Lipinski definition) is 4. The molecule has 0 N–H and O–H groups in total. The molecule has 0 saturated heterocycles. The molecule has 0 radical (unpaired) electrons. The lowest BCUT2D eigenvalue weighted by atomic mass is 10.1. The topological polar surface area (TPSA) is 60.2 Å². The lowest BCUT2D eigenvalue weighted by Crippen LogP contribution is -2.47. The van der Waals surface area contributed by atoms with E-state index in [9.17, 15) is 4.79 Å². The molecule has 3 heterocycles. The smallest absolute Gasteiger partial charge is 0.270 e. The molecule has 1 aliphatic rings. The third-order valence-corrected chi connectivity index (χ3v) is 4.30. The zero-order valence-corrected chi connectivity index (χ0v) is 14.2. The Kier molecular flexibility index (Phi) is 4.37. The van der Waals surface area contributed by atoms with Gasteiger partial charge in [0, 0.05) is 44.2 Å². The van der Waals surface area contributed by atoms with Gasteiger partial charge in [0.05, 0.1) is 12.3 Å². The number of rotatable bonds is 4. The molecule has 2 aromatic rings. The monoisotopic (exact) mass is 334 g/mol. The van der Waals surface area contributed by atoms with Crippen molar-refractivity contribution in [2.45, 2.75) is 26.4 Å². The number of hydrogen-bond donors (Lipinski definition) is 0. The van der Waals surface area contributed by atoms with Gasteiger partial charge >= 0.3 is 0 Å². The summed E-state index contributed by atoms with van der Waals surface area (Å²) in [5, 5.41) is 0.205. The summed E-state index contributed by atoms with van der Waals surface area (Å²) < 4.78 is 7.09. The standard InChI is InChI=1S/C16H19ClN4O2/c1-10-7-18-16(17)19-14(10)12-6-13-15(22)21(4-5-23-3)11(2)8-20(13)9-12/h6-7,9,11H,4-5,8H2,1-3H3. The molecule has 0 spiro atoms. The number of amides is 1. The Labute approximate surface area is 140 Å². The first kappa shape index (κ1) is 16.0. The van der Waals surface area contributed by atoms with Crippen LogP contribution in [0.5, 0.6) is 0 Å². The molecular weight excluding hydrogens is 316 g/mol. The van der Waals surface area contributed by atoms with E-state index in [1.54, 1.807) is 13.3 Å². The molecule has 0 saturated carbocycles. The first-order valence-corrected chi connectivity index (χ1v) is 7.88. The third kappa shape index (κ3) is 2.96. The van der Waals surface area contributed by atoms with Crippen LogP contribution in [0.25, 0.3) is 11.3 Å². The fraction of sp³-hybridized carbons (Fsp3) is 0.438. The summed E-state index contributed by atoms with van der Waals surface area (Å²) in [5.74, 6) is 0.0184. The van der Waals surface area contributed by atoms with Crippen molar-refractivity contribution in [1.82, 2.24) is 19.4 Å². The highest BCUT2D eigenvalue weighted by molar-refractivity contribution is 6.28. The second kappa shape index (κ2) is 6.29. The van der Waals surface area contributed by atoms with E-state index in [0.29, 0.717) is 18.8 Å². The molecule has 2 aromatic heterocycles. The van der Waals surface area contributed by atoms with Gasteiger partial charge in [-0.2, -0.15) is 0 Å². The van der Waals surface area contributed by atoms with Crippen LogP contribution in [0.15, 0.2) is 18.5 Å². The van der Waals surface area contributed by atoms with E-state index in [2.05, 4.69) is 9.97 Å². The molecule has 122 valence electrons. The second-order valence-corrected chi connectivity index (χ2v) is 6.12. The molecule has 1 atom stereocenters. The summed E-state index contributed by atoms with van der Waals surface area (Å²) in [7, 11) is 1.64. The Hall–Kier alpha value is -1.92. The number of carbonyl (C=O) groups excluding carboxylic acids is 1. The number of nitrogens with zero attached hydrogens (tertiary/aromatic N) is 4. The minimum atomic E-state index is 0.0184.